The zero-order valence-electron chi connectivity index (χ0n) is 11.3. The van der Waals surface area contributed by atoms with E-state index in [1.807, 2.05) is 38.1 Å². The van der Waals surface area contributed by atoms with Crippen LogP contribution in [0, 0.1) is 13.8 Å². The first-order valence-electron chi connectivity index (χ1n) is 6.32. The highest BCUT2D eigenvalue weighted by Gasteiger charge is 2.08. The van der Waals surface area contributed by atoms with E-state index < -0.39 is 0 Å². The summed E-state index contributed by atoms with van der Waals surface area (Å²) in [5.41, 5.74) is 8.36. The van der Waals surface area contributed by atoms with Crippen LogP contribution in [0.4, 0.5) is 11.6 Å². The smallest absolute Gasteiger partial charge is 0.213 e. The summed E-state index contributed by atoms with van der Waals surface area (Å²) >= 11 is 0. The van der Waals surface area contributed by atoms with Gasteiger partial charge in [0.15, 0.2) is 11.6 Å². The third kappa shape index (κ3) is 2.27. The predicted molar refractivity (Wildman–Crippen MR) is 77.3 cm³/mol. The molecule has 0 fully saturated rings. The fourth-order valence-corrected chi connectivity index (χ4v) is 1.92. The van der Waals surface area contributed by atoms with Crippen LogP contribution in [0.2, 0.25) is 0 Å². The summed E-state index contributed by atoms with van der Waals surface area (Å²) in [6.07, 6.45) is 0. The van der Waals surface area contributed by atoms with Crippen molar-refractivity contribution in [3.05, 3.63) is 41.6 Å². The van der Waals surface area contributed by atoms with E-state index in [1.165, 1.54) is 0 Å². The molecule has 0 saturated carbocycles. The first kappa shape index (κ1) is 12.4. The van der Waals surface area contributed by atoms with E-state index in [-0.39, 0.29) is 0 Å². The zero-order chi connectivity index (χ0) is 14.1. The standard InChI is InChI=1S/C14H15N5O/c1-8-9(2)20-12(17-8)7-16-14-13(15)18-10-5-3-4-6-11(10)19-14/h3-6H,7H2,1-2H3,(H2,15,18)(H,16,19). The van der Waals surface area contributed by atoms with Crippen LogP contribution in [0.15, 0.2) is 28.7 Å². The van der Waals surface area contributed by atoms with Crippen LogP contribution in [-0.4, -0.2) is 15.0 Å². The number of hydrogen-bond donors (Lipinski definition) is 2. The molecule has 2 aromatic heterocycles. The molecule has 1 aromatic carbocycles. The van der Waals surface area contributed by atoms with Crippen molar-refractivity contribution >= 4 is 22.7 Å². The minimum absolute atomic E-state index is 0.365. The Morgan fingerprint density at radius 1 is 1.10 bits per heavy atom. The topological polar surface area (TPSA) is 89.9 Å². The van der Waals surface area contributed by atoms with Gasteiger partial charge in [-0.3, -0.25) is 0 Å². The van der Waals surface area contributed by atoms with Gasteiger partial charge in [-0.1, -0.05) is 12.1 Å². The maximum Gasteiger partial charge on any atom is 0.213 e. The number of aromatic nitrogens is 3. The number of anilines is 2. The Morgan fingerprint density at radius 3 is 2.45 bits per heavy atom. The van der Waals surface area contributed by atoms with Crippen LogP contribution in [0.25, 0.3) is 11.0 Å². The molecule has 20 heavy (non-hydrogen) atoms. The first-order chi connectivity index (χ1) is 9.63. The Morgan fingerprint density at radius 2 is 1.80 bits per heavy atom. The number of nitrogens with two attached hydrogens (primary N) is 1. The van der Waals surface area contributed by atoms with Crippen molar-refractivity contribution in [3.8, 4) is 0 Å². The van der Waals surface area contributed by atoms with Crippen molar-refractivity contribution in [1.82, 2.24) is 15.0 Å². The van der Waals surface area contributed by atoms with Crippen molar-refractivity contribution in [2.75, 3.05) is 11.1 Å². The average molecular weight is 269 g/mol. The number of oxazole rings is 1. The molecule has 0 radical (unpaired) electrons. The highest BCUT2D eigenvalue weighted by atomic mass is 16.4. The molecular weight excluding hydrogens is 254 g/mol. The number of aryl methyl sites for hydroxylation is 2. The van der Waals surface area contributed by atoms with Crippen molar-refractivity contribution in [2.24, 2.45) is 0 Å². The highest BCUT2D eigenvalue weighted by Crippen LogP contribution is 2.19. The minimum Gasteiger partial charge on any atom is -0.444 e. The van der Waals surface area contributed by atoms with Crippen LogP contribution in [-0.2, 0) is 6.54 Å². The molecule has 0 unspecified atom stereocenters. The Balaban J connectivity index is 1.85. The number of nitrogen functional groups attached to an aromatic ring is 1. The minimum atomic E-state index is 0.365. The first-order valence-corrected chi connectivity index (χ1v) is 6.32. The predicted octanol–water partition coefficient (Wildman–Crippen LogP) is 2.43. The Labute approximate surface area is 116 Å². The van der Waals surface area contributed by atoms with E-state index in [2.05, 4.69) is 20.3 Å². The lowest BCUT2D eigenvalue weighted by molar-refractivity contribution is 0.478. The van der Waals surface area contributed by atoms with Crippen molar-refractivity contribution in [2.45, 2.75) is 20.4 Å². The fourth-order valence-electron chi connectivity index (χ4n) is 1.92. The normalized spacial score (nSPS) is 10.9. The monoisotopic (exact) mass is 269 g/mol. The molecular formula is C14H15N5O. The van der Waals surface area contributed by atoms with Crippen LogP contribution >= 0.6 is 0 Å². The van der Waals surface area contributed by atoms with Gasteiger partial charge in [-0.25, -0.2) is 15.0 Å². The molecule has 0 amide bonds. The van der Waals surface area contributed by atoms with Gasteiger partial charge in [0.25, 0.3) is 0 Å². The van der Waals surface area contributed by atoms with Crippen molar-refractivity contribution < 1.29 is 4.42 Å². The van der Waals surface area contributed by atoms with Crippen molar-refractivity contribution in [1.29, 1.82) is 0 Å². The third-order valence-electron chi connectivity index (χ3n) is 3.08. The van der Waals surface area contributed by atoms with Gasteiger partial charge in [-0.2, -0.15) is 0 Å². The van der Waals surface area contributed by atoms with Gasteiger partial charge >= 0.3 is 0 Å². The summed E-state index contributed by atoms with van der Waals surface area (Å²) in [7, 11) is 0. The summed E-state index contributed by atoms with van der Waals surface area (Å²) in [5.74, 6) is 2.33. The van der Waals surface area contributed by atoms with E-state index in [1.54, 1.807) is 0 Å². The van der Waals surface area contributed by atoms with Gasteiger partial charge in [-0.05, 0) is 26.0 Å². The molecule has 0 aliphatic heterocycles. The summed E-state index contributed by atoms with van der Waals surface area (Å²) in [5, 5.41) is 3.11. The van der Waals surface area contributed by atoms with Crippen LogP contribution < -0.4 is 11.1 Å². The van der Waals surface area contributed by atoms with Crippen LogP contribution in [0.1, 0.15) is 17.3 Å². The molecule has 0 atom stereocenters. The zero-order valence-corrected chi connectivity index (χ0v) is 11.3. The molecule has 6 heteroatoms. The maximum atomic E-state index is 5.90. The van der Waals surface area contributed by atoms with E-state index >= 15 is 0 Å². The highest BCUT2D eigenvalue weighted by molar-refractivity contribution is 5.79. The molecule has 3 aromatic rings. The lowest BCUT2D eigenvalue weighted by Crippen LogP contribution is -2.06. The van der Waals surface area contributed by atoms with Gasteiger partial charge in [-0.15, -0.1) is 0 Å². The second-order valence-corrected chi connectivity index (χ2v) is 4.55. The molecule has 0 aliphatic carbocycles. The number of fused-ring (bicyclic) bond motifs is 1. The molecule has 0 aliphatic rings. The molecule has 3 N–H and O–H groups in total. The number of hydrogen-bond acceptors (Lipinski definition) is 6. The number of nitrogens with zero attached hydrogens (tertiary/aromatic N) is 3. The molecule has 2 heterocycles. The molecule has 0 spiro atoms. The van der Waals surface area contributed by atoms with E-state index in [9.17, 15) is 0 Å². The molecule has 3 rings (SSSR count). The lowest BCUT2D eigenvalue weighted by atomic mass is 10.3. The Bertz CT molecular complexity index is 746. The second-order valence-electron chi connectivity index (χ2n) is 4.55. The number of rotatable bonds is 3. The SMILES string of the molecule is Cc1nc(CNc2nc3ccccc3nc2N)oc1C. The summed E-state index contributed by atoms with van der Waals surface area (Å²) in [6, 6.07) is 7.59. The van der Waals surface area contributed by atoms with Gasteiger partial charge in [0.2, 0.25) is 5.89 Å². The summed E-state index contributed by atoms with van der Waals surface area (Å²) in [4.78, 5) is 13.1. The quantitative estimate of drug-likeness (QED) is 0.759. The Kier molecular flexibility index (Phi) is 2.98. The molecule has 0 saturated heterocycles. The third-order valence-corrected chi connectivity index (χ3v) is 3.08. The van der Waals surface area contributed by atoms with Gasteiger partial charge in [0.1, 0.15) is 5.76 Å². The molecule has 6 nitrogen and oxygen atoms in total. The second kappa shape index (κ2) is 4.80. The van der Waals surface area contributed by atoms with E-state index in [0.717, 1.165) is 22.5 Å². The van der Waals surface area contributed by atoms with E-state index in [4.69, 9.17) is 10.2 Å². The number of para-hydroxylation sites is 2. The van der Waals surface area contributed by atoms with E-state index in [0.29, 0.717) is 24.1 Å². The summed E-state index contributed by atoms with van der Waals surface area (Å²) < 4.78 is 5.50. The number of benzene rings is 1. The fraction of sp³-hybridized carbons (Fsp3) is 0.214. The van der Waals surface area contributed by atoms with Gasteiger partial charge < -0.3 is 15.5 Å². The van der Waals surface area contributed by atoms with Crippen LogP contribution in [0.5, 0.6) is 0 Å². The van der Waals surface area contributed by atoms with Crippen molar-refractivity contribution in [3.63, 3.8) is 0 Å². The van der Waals surface area contributed by atoms with Gasteiger partial charge in [0.05, 0.1) is 23.3 Å². The summed E-state index contributed by atoms with van der Waals surface area (Å²) in [6.45, 7) is 4.22. The van der Waals surface area contributed by atoms with Gasteiger partial charge in [0, 0.05) is 0 Å². The number of nitrogens with one attached hydrogen (secondary N) is 1. The Hall–Kier alpha value is -2.63. The van der Waals surface area contributed by atoms with Crippen LogP contribution in [0.3, 0.4) is 0 Å². The molecule has 0 bridgehead atoms. The lowest BCUT2D eigenvalue weighted by Gasteiger charge is -2.07. The largest absolute Gasteiger partial charge is 0.444 e. The average Bonchev–Trinajstić information content (AvgIpc) is 2.75. The molecule has 102 valence electrons. The maximum absolute atomic E-state index is 5.90.